The monoisotopic (exact) mass is 326 g/mol. The number of hydrogen-bond donors (Lipinski definition) is 1. The van der Waals surface area contributed by atoms with E-state index in [2.05, 4.69) is 67.4 Å². The van der Waals surface area contributed by atoms with Gasteiger partial charge in [-0.15, -0.1) is 0 Å². The molecule has 1 N–H and O–H groups in total. The van der Waals surface area contributed by atoms with Gasteiger partial charge in [-0.2, -0.15) is 0 Å². The topological polar surface area (TPSA) is 15.3 Å². The zero-order valence-corrected chi connectivity index (χ0v) is 14.9. The van der Waals surface area contributed by atoms with Gasteiger partial charge in [0, 0.05) is 30.8 Å². The van der Waals surface area contributed by atoms with Gasteiger partial charge >= 0.3 is 0 Å². The van der Waals surface area contributed by atoms with Crippen molar-refractivity contribution in [3.63, 3.8) is 0 Å². The van der Waals surface area contributed by atoms with E-state index in [4.69, 9.17) is 0 Å². The molecule has 0 unspecified atom stereocenters. The van der Waals surface area contributed by atoms with Crippen LogP contribution >= 0.6 is 0 Å². The summed E-state index contributed by atoms with van der Waals surface area (Å²) in [6.07, 6.45) is 3.96. The zero-order valence-electron chi connectivity index (χ0n) is 14.9. The summed E-state index contributed by atoms with van der Waals surface area (Å²) in [5, 5.41) is 11.4. The summed E-state index contributed by atoms with van der Waals surface area (Å²) in [4.78, 5) is 1.99. The Labute approximate surface area is 148 Å². The van der Waals surface area contributed by atoms with Gasteiger partial charge in [-0.05, 0) is 57.8 Å². The SMILES string of the molecule is C=C(C)N(C)/C=C\Nc1cc2ccc3cccc4ccc(c1C)c2c34. The average Bonchev–Trinajstić information content (AvgIpc) is 2.62. The second-order valence-corrected chi connectivity index (χ2v) is 6.71. The lowest BCUT2D eigenvalue weighted by Gasteiger charge is -2.16. The van der Waals surface area contributed by atoms with Crippen molar-refractivity contribution in [3.8, 4) is 0 Å². The van der Waals surface area contributed by atoms with Crippen molar-refractivity contribution in [2.24, 2.45) is 0 Å². The third-order valence-corrected chi connectivity index (χ3v) is 5.06. The van der Waals surface area contributed by atoms with Gasteiger partial charge in [-0.1, -0.05) is 49.0 Å². The molecule has 124 valence electrons. The van der Waals surface area contributed by atoms with Crippen LogP contribution in [0.25, 0.3) is 32.3 Å². The van der Waals surface area contributed by atoms with E-state index in [9.17, 15) is 0 Å². The Morgan fingerprint density at radius 2 is 1.68 bits per heavy atom. The molecule has 25 heavy (non-hydrogen) atoms. The minimum atomic E-state index is 1.00. The highest BCUT2D eigenvalue weighted by Crippen LogP contribution is 2.38. The number of rotatable bonds is 4. The third-order valence-electron chi connectivity index (χ3n) is 5.06. The summed E-state index contributed by atoms with van der Waals surface area (Å²) < 4.78 is 0. The summed E-state index contributed by atoms with van der Waals surface area (Å²) in [5.74, 6) is 0. The van der Waals surface area contributed by atoms with Crippen molar-refractivity contribution in [2.75, 3.05) is 12.4 Å². The quantitative estimate of drug-likeness (QED) is 0.446. The van der Waals surface area contributed by atoms with Crippen molar-refractivity contribution in [1.82, 2.24) is 4.90 Å². The van der Waals surface area contributed by atoms with Crippen LogP contribution < -0.4 is 5.32 Å². The molecule has 0 saturated carbocycles. The number of benzene rings is 4. The van der Waals surface area contributed by atoms with Gasteiger partial charge in [0.1, 0.15) is 0 Å². The Hall–Kier alpha value is -3.00. The van der Waals surface area contributed by atoms with Crippen molar-refractivity contribution in [2.45, 2.75) is 13.8 Å². The standard InChI is InChI=1S/C23H22N2/c1-15(2)25(4)13-12-24-21-14-19-9-8-17-6-5-7-18-10-11-20(16(21)3)23(19)22(17)18/h5-14,24H,1H2,2-4H3/b13-12-. The van der Waals surface area contributed by atoms with Gasteiger partial charge < -0.3 is 10.2 Å². The molecule has 2 heteroatoms. The molecule has 0 atom stereocenters. The molecule has 4 aromatic carbocycles. The fourth-order valence-corrected chi connectivity index (χ4v) is 3.47. The molecule has 0 radical (unpaired) electrons. The normalized spacial score (nSPS) is 11.8. The van der Waals surface area contributed by atoms with Gasteiger partial charge in [0.25, 0.3) is 0 Å². The molecule has 4 aromatic rings. The lowest BCUT2D eigenvalue weighted by molar-refractivity contribution is 0.572. The first kappa shape index (κ1) is 15.5. The van der Waals surface area contributed by atoms with Crippen LogP contribution in [0.4, 0.5) is 5.69 Å². The molecule has 0 amide bonds. The van der Waals surface area contributed by atoms with E-state index >= 15 is 0 Å². The first-order valence-corrected chi connectivity index (χ1v) is 8.55. The summed E-state index contributed by atoms with van der Waals surface area (Å²) >= 11 is 0. The van der Waals surface area contributed by atoms with E-state index < -0.39 is 0 Å². The molecule has 4 rings (SSSR count). The summed E-state index contributed by atoms with van der Waals surface area (Å²) in [5.41, 5.74) is 3.41. The molecule has 0 heterocycles. The van der Waals surface area contributed by atoms with E-state index in [1.165, 1.54) is 37.9 Å². The number of nitrogens with one attached hydrogen (secondary N) is 1. The van der Waals surface area contributed by atoms with Crippen LogP contribution in [0.3, 0.4) is 0 Å². The second-order valence-electron chi connectivity index (χ2n) is 6.71. The molecule has 0 fully saturated rings. The van der Waals surface area contributed by atoms with Crippen LogP contribution in [0.2, 0.25) is 0 Å². The summed E-state index contributed by atoms with van der Waals surface area (Å²) in [6, 6.07) is 17.7. The maximum Gasteiger partial charge on any atom is 0.0422 e. The minimum absolute atomic E-state index is 1.00. The number of allylic oxidation sites excluding steroid dienone is 1. The fraction of sp³-hybridized carbons (Fsp3) is 0.130. The fourth-order valence-electron chi connectivity index (χ4n) is 3.47. The molecule has 0 aromatic heterocycles. The van der Waals surface area contributed by atoms with E-state index in [0.29, 0.717) is 0 Å². The lowest BCUT2D eigenvalue weighted by atomic mass is 9.91. The molecule has 2 nitrogen and oxygen atoms in total. The van der Waals surface area contributed by atoms with Crippen LogP contribution in [0.1, 0.15) is 12.5 Å². The van der Waals surface area contributed by atoms with Crippen LogP contribution in [0.15, 0.2) is 73.2 Å². The van der Waals surface area contributed by atoms with Gasteiger partial charge in [-0.3, -0.25) is 0 Å². The third kappa shape index (κ3) is 2.51. The van der Waals surface area contributed by atoms with Crippen LogP contribution in [0, 0.1) is 6.92 Å². The Morgan fingerprint density at radius 3 is 2.40 bits per heavy atom. The second kappa shape index (κ2) is 5.82. The smallest absolute Gasteiger partial charge is 0.0422 e. The van der Waals surface area contributed by atoms with E-state index in [0.717, 1.165) is 11.4 Å². The summed E-state index contributed by atoms with van der Waals surface area (Å²) in [6.45, 7) is 8.11. The van der Waals surface area contributed by atoms with E-state index in [1.54, 1.807) is 0 Å². The largest absolute Gasteiger partial charge is 0.360 e. The first-order valence-electron chi connectivity index (χ1n) is 8.55. The highest BCUT2D eigenvalue weighted by molar-refractivity contribution is 6.24. The maximum absolute atomic E-state index is 3.94. The lowest BCUT2D eigenvalue weighted by Crippen LogP contribution is -2.06. The van der Waals surface area contributed by atoms with Gasteiger partial charge in [0.2, 0.25) is 0 Å². The van der Waals surface area contributed by atoms with Gasteiger partial charge in [-0.25, -0.2) is 0 Å². The van der Waals surface area contributed by atoms with Crippen molar-refractivity contribution in [3.05, 3.63) is 78.8 Å². The van der Waals surface area contributed by atoms with Gasteiger partial charge in [0.05, 0.1) is 0 Å². The van der Waals surface area contributed by atoms with E-state index in [1.807, 2.05) is 31.3 Å². The molecule has 0 spiro atoms. The van der Waals surface area contributed by atoms with Crippen molar-refractivity contribution in [1.29, 1.82) is 0 Å². The van der Waals surface area contributed by atoms with Crippen molar-refractivity contribution >= 4 is 38.0 Å². The molecule has 0 saturated heterocycles. The molecule has 0 aliphatic heterocycles. The van der Waals surface area contributed by atoms with Crippen LogP contribution in [-0.4, -0.2) is 11.9 Å². The number of aryl methyl sites for hydroxylation is 1. The van der Waals surface area contributed by atoms with Crippen molar-refractivity contribution < 1.29 is 0 Å². The number of anilines is 1. The number of nitrogens with zero attached hydrogens (tertiary/aromatic N) is 1. The predicted octanol–water partition coefficient (Wildman–Crippen LogP) is 6.24. The Balaban J connectivity index is 1.87. The molecule has 0 aliphatic rings. The van der Waals surface area contributed by atoms with Crippen LogP contribution in [-0.2, 0) is 0 Å². The minimum Gasteiger partial charge on any atom is -0.360 e. The summed E-state index contributed by atoms with van der Waals surface area (Å²) in [7, 11) is 1.99. The van der Waals surface area contributed by atoms with Crippen LogP contribution in [0.5, 0.6) is 0 Å². The highest BCUT2D eigenvalue weighted by atomic mass is 15.1. The molecule has 0 aliphatic carbocycles. The Kier molecular flexibility index (Phi) is 3.61. The predicted molar refractivity (Wildman–Crippen MR) is 110 cm³/mol. The molecule has 0 bridgehead atoms. The zero-order chi connectivity index (χ0) is 17.6. The highest BCUT2D eigenvalue weighted by Gasteiger charge is 2.11. The van der Waals surface area contributed by atoms with E-state index in [-0.39, 0.29) is 0 Å². The average molecular weight is 326 g/mol. The first-order chi connectivity index (χ1) is 12.1. The molecular formula is C23H22N2. The molecular weight excluding hydrogens is 304 g/mol. The Bertz CT molecular complexity index is 1110. The number of hydrogen-bond acceptors (Lipinski definition) is 2. The van der Waals surface area contributed by atoms with Gasteiger partial charge in [0.15, 0.2) is 0 Å². The Morgan fingerprint density at radius 1 is 1.00 bits per heavy atom. The maximum atomic E-state index is 3.94.